The molecule has 0 spiro atoms. The molecule has 0 bridgehead atoms. The van der Waals surface area contributed by atoms with Crippen LogP contribution in [0.5, 0.6) is 0 Å². The minimum Gasteiger partial charge on any atom is -0.339 e. The molecule has 3 nitrogen and oxygen atoms in total. The average molecular weight is 238 g/mol. The number of amides is 1. The van der Waals surface area contributed by atoms with Crippen LogP contribution in [0.3, 0.4) is 0 Å². The first-order chi connectivity index (χ1) is 8.33. The maximum absolute atomic E-state index is 12.2. The molecular weight excluding hydrogens is 212 g/mol. The third-order valence-electron chi connectivity index (χ3n) is 4.43. The van der Waals surface area contributed by atoms with E-state index >= 15 is 0 Å². The lowest BCUT2D eigenvalue weighted by molar-refractivity contribution is -0.136. The lowest BCUT2D eigenvalue weighted by Gasteiger charge is -2.40. The molecule has 1 aliphatic carbocycles. The van der Waals surface area contributed by atoms with Crippen LogP contribution in [0.15, 0.2) is 0 Å². The standard InChI is InChI=1S/C14H26N2O/c15-11-12-7-4-5-8-13(12)16-10-6-2-1-3-9-14(16)17/h12-13H,1-11,15H2. The van der Waals surface area contributed by atoms with Crippen molar-refractivity contribution in [1.29, 1.82) is 0 Å². The summed E-state index contributed by atoms with van der Waals surface area (Å²) in [6.45, 7) is 1.72. The molecule has 3 heteroatoms. The highest BCUT2D eigenvalue weighted by Crippen LogP contribution is 2.29. The van der Waals surface area contributed by atoms with Crippen LogP contribution in [0.1, 0.15) is 57.8 Å². The Hall–Kier alpha value is -0.570. The Kier molecular flexibility index (Phi) is 4.84. The van der Waals surface area contributed by atoms with Crippen LogP contribution in [0.2, 0.25) is 0 Å². The Morgan fingerprint density at radius 1 is 1.06 bits per heavy atom. The summed E-state index contributed by atoms with van der Waals surface area (Å²) < 4.78 is 0. The number of likely N-dealkylation sites (tertiary alicyclic amines) is 1. The van der Waals surface area contributed by atoms with Crippen LogP contribution in [0.4, 0.5) is 0 Å². The zero-order valence-corrected chi connectivity index (χ0v) is 10.9. The van der Waals surface area contributed by atoms with Crippen molar-refractivity contribution in [2.24, 2.45) is 11.7 Å². The average Bonchev–Trinajstić information content (AvgIpc) is 2.35. The van der Waals surface area contributed by atoms with E-state index in [0.29, 0.717) is 17.9 Å². The van der Waals surface area contributed by atoms with Crippen molar-refractivity contribution in [3.05, 3.63) is 0 Å². The first-order valence-electron chi connectivity index (χ1n) is 7.32. The van der Waals surface area contributed by atoms with E-state index in [1.807, 2.05) is 0 Å². The topological polar surface area (TPSA) is 46.3 Å². The maximum Gasteiger partial charge on any atom is 0.222 e. The molecule has 0 aromatic heterocycles. The predicted octanol–water partition coefficient (Wildman–Crippen LogP) is 2.30. The fraction of sp³-hybridized carbons (Fsp3) is 0.929. The van der Waals surface area contributed by atoms with Gasteiger partial charge in [-0.1, -0.05) is 25.7 Å². The number of hydrogen-bond acceptors (Lipinski definition) is 2. The van der Waals surface area contributed by atoms with E-state index in [9.17, 15) is 4.79 Å². The lowest BCUT2D eigenvalue weighted by Crippen LogP contribution is -2.48. The molecule has 98 valence electrons. The van der Waals surface area contributed by atoms with Crippen molar-refractivity contribution < 1.29 is 4.79 Å². The molecule has 2 aliphatic rings. The second kappa shape index (κ2) is 6.39. The van der Waals surface area contributed by atoms with Gasteiger partial charge in [-0.3, -0.25) is 4.79 Å². The van der Waals surface area contributed by atoms with Crippen LogP contribution in [-0.4, -0.2) is 29.9 Å². The van der Waals surface area contributed by atoms with E-state index in [2.05, 4.69) is 4.90 Å². The highest BCUT2D eigenvalue weighted by atomic mass is 16.2. The fourth-order valence-corrected chi connectivity index (χ4v) is 3.40. The normalized spacial score (nSPS) is 32.1. The minimum absolute atomic E-state index is 0.384. The number of hydrogen-bond donors (Lipinski definition) is 1. The van der Waals surface area contributed by atoms with E-state index < -0.39 is 0 Å². The molecule has 1 heterocycles. The SMILES string of the molecule is NCC1CCCCC1N1CCCCCCC1=O. The Labute approximate surface area is 105 Å². The second-order valence-electron chi connectivity index (χ2n) is 5.60. The molecular formula is C14H26N2O. The van der Waals surface area contributed by atoms with E-state index in [1.54, 1.807) is 0 Å². The van der Waals surface area contributed by atoms with Gasteiger partial charge in [0.1, 0.15) is 0 Å². The molecule has 2 rings (SSSR count). The van der Waals surface area contributed by atoms with Gasteiger partial charge >= 0.3 is 0 Å². The molecule has 0 aromatic rings. The summed E-state index contributed by atoms with van der Waals surface area (Å²) in [4.78, 5) is 14.4. The van der Waals surface area contributed by atoms with Crippen molar-refractivity contribution in [2.45, 2.75) is 63.8 Å². The molecule has 2 unspecified atom stereocenters. The highest BCUT2D eigenvalue weighted by Gasteiger charge is 2.31. The summed E-state index contributed by atoms with van der Waals surface area (Å²) in [6, 6.07) is 0.444. The minimum atomic E-state index is 0.384. The summed E-state index contributed by atoms with van der Waals surface area (Å²) in [5.41, 5.74) is 5.88. The quantitative estimate of drug-likeness (QED) is 0.802. The molecule has 2 N–H and O–H groups in total. The molecule has 1 saturated heterocycles. The zero-order valence-electron chi connectivity index (χ0n) is 10.9. The van der Waals surface area contributed by atoms with Crippen molar-refractivity contribution >= 4 is 5.91 Å². The van der Waals surface area contributed by atoms with Gasteiger partial charge in [-0.15, -0.1) is 0 Å². The van der Waals surface area contributed by atoms with Crippen LogP contribution >= 0.6 is 0 Å². The van der Waals surface area contributed by atoms with Gasteiger partial charge in [-0.2, -0.15) is 0 Å². The molecule has 1 aliphatic heterocycles. The Bertz CT molecular complexity index is 255. The third kappa shape index (κ3) is 3.21. The van der Waals surface area contributed by atoms with Crippen molar-refractivity contribution in [3.8, 4) is 0 Å². The molecule has 17 heavy (non-hydrogen) atoms. The third-order valence-corrected chi connectivity index (χ3v) is 4.43. The summed E-state index contributed by atoms with van der Waals surface area (Å²) in [6.07, 6.45) is 10.5. The summed E-state index contributed by atoms with van der Waals surface area (Å²) in [7, 11) is 0. The van der Waals surface area contributed by atoms with Gasteiger partial charge < -0.3 is 10.6 Å². The van der Waals surface area contributed by atoms with Crippen molar-refractivity contribution in [3.63, 3.8) is 0 Å². The molecule has 2 fully saturated rings. The van der Waals surface area contributed by atoms with Crippen molar-refractivity contribution in [2.75, 3.05) is 13.1 Å². The first-order valence-corrected chi connectivity index (χ1v) is 7.32. The number of carbonyl (C=O) groups is 1. The predicted molar refractivity (Wildman–Crippen MR) is 69.6 cm³/mol. The van der Waals surface area contributed by atoms with Crippen LogP contribution in [-0.2, 0) is 4.79 Å². The molecule has 2 atom stereocenters. The summed E-state index contributed by atoms with van der Waals surface area (Å²) in [5, 5.41) is 0. The molecule has 0 radical (unpaired) electrons. The van der Waals surface area contributed by atoms with Crippen LogP contribution in [0, 0.1) is 5.92 Å². The first kappa shape index (κ1) is 12.9. The molecule has 0 aromatic carbocycles. The maximum atomic E-state index is 12.2. The summed E-state index contributed by atoms with van der Waals surface area (Å²) in [5.74, 6) is 0.933. The van der Waals surface area contributed by atoms with E-state index in [0.717, 1.165) is 25.9 Å². The van der Waals surface area contributed by atoms with Crippen LogP contribution in [0.25, 0.3) is 0 Å². The Balaban J connectivity index is 2.02. The number of rotatable bonds is 2. The second-order valence-corrected chi connectivity index (χ2v) is 5.60. The van der Waals surface area contributed by atoms with Gasteiger partial charge in [0.15, 0.2) is 0 Å². The number of nitrogens with two attached hydrogens (primary N) is 1. The smallest absolute Gasteiger partial charge is 0.222 e. The van der Waals surface area contributed by atoms with Gasteiger partial charge in [0.2, 0.25) is 5.91 Å². The van der Waals surface area contributed by atoms with E-state index in [-0.39, 0.29) is 0 Å². The fourth-order valence-electron chi connectivity index (χ4n) is 3.40. The Morgan fingerprint density at radius 2 is 1.82 bits per heavy atom. The van der Waals surface area contributed by atoms with Crippen molar-refractivity contribution in [1.82, 2.24) is 4.90 Å². The van der Waals surface area contributed by atoms with Crippen LogP contribution < -0.4 is 5.73 Å². The monoisotopic (exact) mass is 238 g/mol. The largest absolute Gasteiger partial charge is 0.339 e. The molecule has 1 saturated carbocycles. The number of nitrogens with zero attached hydrogens (tertiary/aromatic N) is 1. The lowest BCUT2D eigenvalue weighted by atomic mass is 9.83. The number of carbonyl (C=O) groups excluding carboxylic acids is 1. The summed E-state index contributed by atoms with van der Waals surface area (Å²) >= 11 is 0. The van der Waals surface area contributed by atoms with Gasteiger partial charge in [-0.05, 0) is 38.1 Å². The van der Waals surface area contributed by atoms with Gasteiger partial charge in [0.05, 0.1) is 0 Å². The van der Waals surface area contributed by atoms with Gasteiger partial charge in [-0.25, -0.2) is 0 Å². The van der Waals surface area contributed by atoms with E-state index in [4.69, 9.17) is 5.73 Å². The highest BCUT2D eigenvalue weighted by molar-refractivity contribution is 5.76. The van der Waals surface area contributed by atoms with Gasteiger partial charge in [0, 0.05) is 19.0 Å². The Morgan fingerprint density at radius 3 is 2.65 bits per heavy atom. The molecule has 1 amide bonds. The van der Waals surface area contributed by atoms with E-state index in [1.165, 1.54) is 44.9 Å². The zero-order chi connectivity index (χ0) is 12.1. The van der Waals surface area contributed by atoms with Gasteiger partial charge in [0.25, 0.3) is 0 Å².